The Morgan fingerprint density at radius 2 is 2.18 bits per heavy atom. The molecule has 1 aliphatic heterocycles. The highest BCUT2D eigenvalue weighted by atomic mass is 16.7. The molecule has 3 rings (SSSR count). The Bertz CT molecular complexity index is 506. The molecular formula is C14H14NO2. The standard InChI is InChI=1S/C14H14NO2/c1-2-4-12-9-13(6-5-11(12)3-1)17-14-10-15-7-8-16-14/h1-6,14-15H,7-8,10H2. The highest BCUT2D eigenvalue weighted by Crippen LogP contribution is 2.20. The third-order valence-electron chi connectivity index (χ3n) is 2.78. The van der Waals surface area contributed by atoms with Crippen LogP contribution in [0.3, 0.4) is 0 Å². The van der Waals surface area contributed by atoms with E-state index >= 15 is 0 Å². The molecule has 2 aromatic rings. The molecule has 1 heterocycles. The fourth-order valence-corrected chi connectivity index (χ4v) is 1.92. The first kappa shape index (κ1) is 10.6. The molecule has 1 saturated heterocycles. The Balaban J connectivity index is 1.80. The van der Waals surface area contributed by atoms with E-state index in [1.54, 1.807) is 0 Å². The highest BCUT2D eigenvalue weighted by Gasteiger charge is 2.14. The Morgan fingerprint density at radius 1 is 1.24 bits per heavy atom. The molecule has 0 amide bonds. The molecule has 0 saturated carbocycles. The van der Waals surface area contributed by atoms with E-state index in [0.29, 0.717) is 6.61 Å². The van der Waals surface area contributed by atoms with Gasteiger partial charge in [0.15, 0.2) is 0 Å². The quantitative estimate of drug-likeness (QED) is 0.852. The molecule has 2 aromatic carbocycles. The van der Waals surface area contributed by atoms with Gasteiger partial charge in [-0.25, -0.2) is 0 Å². The van der Waals surface area contributed by atoms with Gasteiger partial charge in [0.1, 0.15) is 5.75 Å². The second kappa shape index (κ2) is 4.73. The third kappa shape index (κ3) is 2.40. The molecule has 3 nitrogen and oxygen atoms in total. The Kier molecular flexibility index (Phi) is 2.94. The third-order valence-corrected chi connectivity index (χ3v) is 2.78. The summed E-state index contributed by atoms with van der Waals surface area (Å²) in [5, 5.41) is 5.46. The summed E-state index contributed by atoms with van der Waals surface area (Å²) in [4.78, 5) is 0. The van der Waals surface area contributed by atoms with Gasteiger partial charge in [0, 0.05) is 12.6 Å². The molecule has 1 unspecified atom stereocenters. The molecule has 1 N–H and O–H groups in total. The van der Waals surface area contributed by atoms with Crippen LogP contribution in [0.4, 0.5) is 0 Å². The van der Waals surface area contributed by atoms with E-state index < -0.39 is 0 Å². The van der Waals surface area contributed by atoms with Crippen LogP contribution in [-0.4, -0.2) is 26.0 Å². The first-order valence-electron chi connectivity index (χ1n) is 5.82. The van der Waals surface area contributed by atoms with Crippen molar-refractivity contribution < 1.29 is 9.47 Å². The van der Waals surface area contributed by atoms with Gasteiger partial charge in [0.05, 0.1) is 13.2 Å². The van der Waals surface area contributed by atoms with E-state index in [-0.39, 0.29) is 6.29 Å². The summed E-state index contributed by atoms with van der Waals surface area (Å²) in [6.45, 7) is 2.31. The van der Waals surface area contributed by atoms with Crippen molar-refractivity contribution in [3.8, 4) is 5.75 Å². The zero-order valence-corrected chi connectivity index (χ0v) is 9.48. The summed E-state index contributed by atoms with van der Waals surface area (Å²) >= 11 is 0. The highest BCUT2D eigenvalue weighted by molar-refractivity contribution is 5.83. The minimum Gasteiger partial charge on any atom is -0.463 e. The van der Waals surface area contributed by atoms with E-state index in [4.69, 9.17) is 9.47 Å². The van der Waals surface area contributed by atoms with Crippen LogP contribution >= 0.6 is 0 Å². The van der Waals surface area contributed by atoms with E-state index in [1.807, 2.05) is 30.3 Å². The van der Waals surface area contributed by atoms with Gasteiger partial charge in [-0.05, 0) is 16.8 Å². The zero-order valence-electron chi connectivity index (χ0n) is 9.48. The van der Waals surface area contributed by atoms with Gasteiger partial charge in [-0.1, -0.05) is 30.3 Å². The van der Waals surface area contributed by atoms with Crippen LogP contribution in [0.15, 0.2) is 36.4 Å². The summed E-state index contributed by atoms with van der Waals surface area (Å²) < 4.78 is 11.2. The lowest BCUT2D eigenvalue weighted by Crippen LogP contribution is -2.41. The van der Waals surface area contributed by atoms with Crippen molar-refractivity contribution in [3.63, 3.8) is 0 Å². The lowest BCUT2D eigenvalue weighted by Gasteiger charge is -2.24. The van der Waals surface area contributed by atoms with Gasteiger partial charge >= 0.3 is 0 Å². The van der Waals surface area contributed by atoms with Crippen LogP contribution in [0.25, 0.3) is 10.8 Å². The van der Waals surface area contributed by atoms with Crippen LogP contribution < -0.4 is 10.1 Å². The summed E-state index contributed by atoms with van der Waals surface area (Å²) in [5.74, 6) is 0.734. The van der Waals surface area contributed by atoms with Crippen molar-refractivity contribution in [3.05, 3.63) is 42.5 Å². The number of benzene rings is 2. The molecule has 0 aromatic heterocycles. The molecule has 0 aliphatic carbocycles. The maximum atomic E-state index is 5.72. The van der Waals surface area contributed by atoms with E-state index in [2.05, 4.69) is 17.4 Å². The smallest absolute Gasteiger partial charge is 0.212 e. The van der Waals surface area contributed by atoms with Crippen LogP contribution in [0.2, 0.25) is 0 Å². The van der Waals surface area contributed by atoms with Gasteiger partial charge in [-0.2, -0.15) is 0 Å². The number of hydrogen-bond donors (Lipinski definition) is 1. The minimum atomic E-state index is -0.207. The minimum absolute atomic E-state index is 0.207. The SMILES string of the molecule is [c]1c(OC2CNCCO2)ccc2ccccc12. The van der Waals surface area contributed by atoms with Gasteiger partial charge in [-0.3, -0.25) is 0 Å². The predicted octanol–water partition coefficient (Wildman–Crippen LogP) is 1.96. The van der Waals surface area contributed by atoms with E-state index in [0.717, 1.165) is 24.2 Å². The lowest BCUT2D eigenvalue weighted by molar-refractivity contribution is -0.0947. The molecule has 1 radical (unpaired) electrons. The topological polar surface area (TPSA) is 30.5 Å². The average Bonchev–Trinajstić information content (AvgIpc) is 2.40. The lowest BCUT2D eigenvalue weighted by atomic mass is 10.1. The molecule has 1 fully saturated rings. The molecule has 87 valence electrons. The van der Waals surface area contributed by atoms with Crippen LogP contribution in [0.1, 0.15) is 0 Å². The summed E-state index contributed by atoms with van der Waals surface area (Å²) in [5.41, 5.74) is 0. The summed E-state index contributed by atoms with van der Waals surface area (Å²) in [7, 11) is 0. The van der Waals surface area contributed by atoms with Crippen LogP contribution in [-0.2, 0) is 4.74 Å². The number of morpholine rings is 1. The molecule has 17 heavy (non-hydrogen) atoms. The number of hydrogen-bond acceptors (Lipinski definition) is 3. The number of rotatable bonds is 2. The number of ether oxygens (including phenoxy) is 2. The van der Waals surface area contributed by atoms with E-state index in [9.17, 15) is 0 Å². The Morgan fingerprint density at radius 3 is 3.06 bits per heavy atom. The molecule has 1 aliphatic rings. The fourth-order valence-electron chi connectivity index (χ4n) is 1.92. The van der Waals surface area contributed by atoms with Gasteiger partial charge in [-0.15, -0.1) is 0 Å². The van der Waals surface area contributed by atoms with Crippen molar-refractivity contribution in [2.45, 2.75) is 6.29 Å². The van der Waals surface area contributed by atoms with Gasteiger partial charge in [0.25, 0.3) is 0 Å². The Labute approximate surface area is 100 Å². The van der Waals surface area contributed by atoms with Crippen molar-refractivity contribution in [1.82, 2.24) is 5.32 Å². The van der Waals surface area contributed by atoms with E-state index in [1.165, 1.54) is 5.39 Å². The normalized spacial score (nSPS) is 20.4. The first-order chi connectivity index (χ1) is 8.42. The molecule has 0 spiro atoms. The second-order valence-corrected chi connectivity index (χ2v) is 4.03. The monoisotopic (exact) mass is 228 g/mol. The van der Waals surface area contributed by atoms with Crippen molar-refractivity contribution in [1.29, 1.82) is 0 Å². The molecule has 1 atom stereocenters. The zero-order chi connectivity index (χ0) is 11.5. The summed E-state index contributed by atoms with van der Waals surface area (Å²) in [6.07, 6.45) is -0.207. The van der Waals surface area contributed by atoms with Crippen molar-refractivity contribution in [2.75, 3.05) is 19.7 Å². The molecular weight excluding hydrogens is 214 g/mol. The maximum absolute atomic E-state index is 5.72. The largest absolute Gasteiger partial charge is 0.463 e. The molecule has 3 heteroatoms. The maximum Gasteiger partial charge on any atom is 0.212 e. The van der Waals surface area contributed by atoms with Crippen LogP contribution in [0, 0.1) is 6.07 Å². The average molecular weight is 228 g/mol. The number of nitrogens with one attached hydrogen (secondary N) is 1. The van der Waals surface area contributed by atoms with Gasteiger partial charge in [0.2, 0.25) is 6.29 Å². The number of fused-ring (bicyclic) bond motifs is 1. The Hall–Kier alpha value is -1.58. The van der Waals surface area contributed by atoms with Crippen molar-refractivity contribution in [2.24, 2.45) is 0 Å². The second-order valence-electron chi connectivity index (χ2n) is 4.03. The fraction of sp³-hybridized carbons (Fsp3) is 0.286. The first-order valence-corrected chi connectivity index (χ1v) is 5.82. The predicted molar refractivity (Wildman–Crippen MR) is 66.0 cm³/mol. The molecule has 0 bridgehead atoms. The van der Waals surface area contributed by atoms with Gasteiger partial charge < -0.3 is 14.8 Å². The van der Waals surface area contributed by atoms with Crippen molar-refractivity contribution >= 4 is 10.8 Å². The summed E-state index contributed by atoms with van der Waals surface area (Å²) in [6, 6.07) is 15.3. The van der Waals surface area contributed by atoms with Crippen LogP contribution in [0.5, 0.6) is 5.75 Å².